The summed E-state index contributed by atoms with van der Waals surface area (Å²) in [5, 5.41) is 0. The zero-order valence-corrected chi connectivity index (χ0v) is 13.5. The Morgan fingerprint density at radius 2 is 2.00 bits per heavy atom. The maximum Gasteiger partial charge on any atom is 0.0726 e. The molecule has 0 aliphatic carbocycles. The summed E-state index contributed by atoms with van der Waals surface area (Å²) in [6, 6.07) is 6.74. The number of morpholine rings is 1. The molecule has 0 bridgehead atoms. The normalized spacial score (nSPS) is 25.4. The molecule has 0 saturated carbocycles. The fourth-order valence-corrected chi connectivity index (χ4v) is 3.16. The molecule has 2 rings (SSSR count). The lowest BCUT2D eigenvalue weighted by atomic mass is 10.1. The molecule has 0 amide bonds. The Morgan fingerprint density at radius 1 is 1.37 bits per heavy atom. The summed E-state index contributed by atoms with van der Waals surface area (Å²) < 4.78 is 6.92. The molecular formula is C15H23BrN2O. The highest BCUT2D eigenvalue weighted by molar-refractivity contribution is 9.10. The Balaban J connectivity index is 2.15. The van der Waals surface area contributed by atoms with E-state index in [0.29, 0.717) is 0 Å². The van der Waals surface area contributed by atoms with E-state index in [4.69, 9.17) is 10.5 Å². The maximum atomic E-state index is 5.86. The van der Waals surface area contributed by atoms with Crippen LogP contribution in [0.1, 0.15) is 26.3 Å². The lowest BCUT2D eigenvalue weighted by Gasteiger charge is -2.37. The van der Waals surface area contributed by atoms with E-state index in [1.54, 1.807) is 0 Å². The van der Waals surface area contributed by atoms with Gasteiger partial charge in [-0.15, -0.1) is 0 Å². The monoisotopic (exact) mass is 326 g/mol. The van der Waals surface area contributed by atoms with Gasteiger partial charge in [0.1, 0.15) is 0 Å². The molecule has 1 unspecified atom stereocenters. The second-order valence-electron chi connectivity index (χ2n) is 5.62. The van der Waals surface area contributed by atoms with Gasteiger partial charge in [-0.2, -0.15) is 0 Å². The Bertz CT molecular complexity index is 426. The van der Waals surface area contributed by atoms with E-state index >= 15 is 0 Å². The van der Waals surface area contributed by atoms with Gasteiger partial charge in [0.15, 0.2) is 0 Å². The van der Waals surface area contributed by atoms with Gasteiger partial charge in [0, 0.05) is 29.3 Å². The highest BCUT2D eigenvalue weighted by Gasteiger charge is 2.22. The van der Waals surface area contributed by atoms with E-state index in [1.807, 2.05) is 6.92 Å². The molecule has 1 aromatic rings. The fraction of sp³-hybridized carbons (Fsp3) is 0.600. The number of hydrogen-bond donors (Lipinski definition) is 1. The van der Waals surface area contributed by atoms with E-state index in [1.165, 1.54) is 11.3 Å². The van der Waals surface area contributed by atoms with Crippen molar-refractivity contribution in [3.8, 4) is 0 Å². The molecule has 1 heterocycles. The molecule has 1 fully saturated rings. The minimum atomic E-state index is 0.186. The third kappa shape index (κ3) is 3.94. The Labute approximate surface area is 124 Å². The molecule has 2 N–H and O–H groups in total. The van der Waals surface area contributed by atoms with E-state index in [9.17, 15) is 0 Å². The van der Waals surface area contributed by atoms with Gasteiger partial charge in [-0.05, 0) is 44.9 Å². The first-order valence-electron chi connectivity index (χ1n) is 6.90. The van der Waals surface area contributed by atoms with Crippen molar-refractivity contribution in [1.29, 1.82) is 0 Å². The Hall–Kier alpha value is -0.580. The van der Waals surface area contributed by atoms with E-state index in [0.717, 1.165) is 24.0 Å². The molecule has 1 aliphatic heterocycles. The first-order chi connectivity index (χ1) is 8.95. The first kappa shape index (κ1) is 14.8. The minimum absolute atomic E-state index is 0.186. The van der Waals surface area contributed by atoms with Gasteiger partial charge in [-0.25, -0.2) is 0 Å². The van der Waals surface area contributed by atoms with Crippen LogP contribution in [0.3, 0.4) is 0 Å². The third-order valence-corrected chi connectivity index (χ3v) is 4.10. The molecule has 3 atom stereocenters. The van der Waals surface area contributed by atoms with Crippen molar-refractivity contribution in [2.75, 3.05) is 18.0 Å². The largest absolute Gasteiger partial charge is 0.372 e. The van der Waals surface area contributed by atoms with Crippen LogP contribution in [0.25, 0.3) is 0 Å². The molecule has 0 spiro atoms. The van der Waals surface area contributed by atoms with Crippen molar-refractivity contribution in [2.45, 2.75) is 45.4 Å². The molecule has 1 saturated heterocycles. The fourth-order valence-electron chi connectivity index (χ4n) is 2.63. The third-order valence-electron chi connectivity index (χ3n) is 3.36. The lowest BCUT2D eigenvalue weighted by molar-refractivity contribution is -0.00521. The molecule has 1 aromatic carbocycles. The van der Waals surface area contributed by atoms with Crippen molar-refractivity contribution in [3.63, 3.8) is 0 Å². The van der Waals surface area contributed by atoms with Crippen LogP contribution >= 0.6 is 15.9 Å². The van der Waals surface area contributed by atoms with Crippen LogP contribution in [0.15, 0.2) is 22.7 Å². The van der Waals surface area contributed by atoms with Crippen molar-refractivity contribution in [2.24, 2.45) is 5.73 Å². The van der Waals surface area contributed by atoms with Crippen LogP contribution in [0.5, 0.6) is 0 Å². The highest BCUT2D eigenvalue weighted by atomic mass is 79.9. The number of rotatable bonds is 3. The summed E-state index contributed by atoms with van der Waals surface area (Å²) in [6.07, 6.45) is 1.47. The van der Waals surface area contributed by atoms with Crippen molar-refractivity contribution < 1.29 is 4.74 Å². The summed E-state index contributed by atoms with van der Waals surface area (Å²) in [5.74, 6) is 0. The van der Waals surface area contributed by atoms with Gasteiger partial charge in [0.25, 0.3) is 0 Å². The summed E-state index contributed by atoms with van der Waals surface area (Å²) in [5.41, 5.74) is 8.39. The van der Waals surface area contributed by atoms with Crippen LogP contribution in [-0.4, -0.2) is 31.3 Å². The molecule has 1 aliphatic rings. The summed E-state index contributed by atoms with van der Waals surface area (Å²) >= 11 is 3.66. The number of nitrogens with zero attached hydrogens (tertiary/aromatic N) is 1. The molecular weight excluding hydrogens is 304 g/mol. The second-order valence-corrected chi connectivity index (χ2v) is 6.47. The van der Waals surface area contributed by atoms with Crippen LogP contribution < -0.4 is 10.6 Å². The number of hydrogen-bond acceptors (Lipinski definition) is 3. The lowest BCUT2D eigenvalue weighted by Crippen LogP contribution is -2.45. The number of halogens is 1. The first-order valence-corrected chi connectivity index (χ1v) is 7.69. The Morgan fingerprint density at radius 3 is 2.53 bits per heavy atom. The molecule has 0 radical (unpaired) electrons. The zero-order valence-electron chi connectivity index (χ0n) is 11.9. The van der Waals surface area contributed by atoms with Crippen molar-refractivity contribution in [3.05, 3.63) is 28.2 Å². The van der Waals surface area contributed by atoms with E-state index in [-0.39, 0.29) is 18.2 Å². The molecule has 4 heteroatoms. The van der Waals surface area contributed by atoms with E-state index < -0.39 is 0 Å². The van der Waals surface area contributed by atoms with Crippen LogP contribution in [0, 0.1) is 0 Å². The predicted molar refractivity (Wildman–Crippen MR) is 83.7 cm³/mol. The summed E-state index contributed by atoms with van der Waals surface area (Å²) in [7, 11) is 0. The predicted octanol–water partition coefficient (Wildman–Crippen LogP) is 2.95. The van der Waals surface area contributed by atoms with Crippen LogP contribution in [-0.2, 0) is 11.2 Å². The minimum Gasteiger partial charge on any atom is -0.372 e. The van der Waals surface area contributed by atoms with Gasteiger partial charge in [-0.3, -0.25) is 0 Å². The van der Waals surface area contributed by atoms with Gasteiger partial charge >= 0.3 is 0 Å². The second kappa shape index (κ2) is 6.25. The van der Waals surface area contributed by atoms with Gasteiger partial charge in [0.05, 0.1) is 12.2 Å². The van der Waals surface area contributed by atoms with Crippen LogP contribution in [0.4, 0.5) is 5.69 Å². The summed E-state index contributed by atoms with van der Waals surface area (Å²) in [6.45, 7) is 8.18. The summed E-state index contributed by atoms with van der Waals surface area (Å²) in [4.78, 5) is 2.39. The molecule has 0 aromatic heterocycles. The average molecular weight is 327 g/mol. The average Bonchev–Trinajstić information content (AvgIpc) is 2.30. The van der Waals surface area contributed by atoms with Crippen molar-refractivity contribution >= 4 is 21.6 Å². The SMILES string of the molecule is CC(N)Cc1ccc(N2C[C@@H](C)O[C@@H](C)C2)cc1Br. The standard InChI is InChI=1S/C15H23BrN2O/c1-10(17)6-13-4-5-14(7-15(13)16)18-8-11(2)19-12(3)9-18/h4-5,7,10-12H,6,8-9,17H2,1-3H3/t10?,11-,12+. The maximum absolute atomic E-state index is 5.86. The number of benzene rings is 1. The molecule has 19 heavy (non-hydrogen) atoms. The number of ether oxygens (including phenoxy) is 1. The smallest absolute Gasteiger partial charge is 0.0726 e. The quantitative estimate of drug-likeness (QED) is 0.928. The zero-order chi connectivity index (χ0) is 14.0. The molecule has 3 nitrogen and oxygen atoms in total. The Kier molecular flexibility index (Phi) is 4.87. The van der Waals surface area contributed by atoms with Crippen molar-refractivity contribution in [1.82, 2.24) is 0 Å². The molecule has 106 valence electrons. The topological polar surface area (TPSA) is 38.5 Å². The highest BCUT2D eigenvalue weighted by Crippen LogP contribution is 2.27. The van der Waals surface area contributed by atoms with Crippen LogP contribution in [0.2, 0.25) is 0 Å². The number of nitrogens with two attached hydrogens (primary N) is 1. The van der Waals surface area contributed by atoms with Gasteiger partial charge in [0.2, 0.25) is 0 Å². The van der Waals surface area contributed by atoms with E-state index in [2.05, 4.69) is 52.9 Å². The van der Waals surface area contributed by atoms with Gasteiger partial charge < -0.3 is 15.4 Å². The number of anilines is 1. The van der Waals surface area contributed by atoms with Gasteiger partial charge in [-0.1, -0.05) is 22.0 Å².